The van der Waals surface area contributed by atoms with Gasteiger partial charge in [-0.05, 0) is 177 Å². The van der Waals surface area contributed by atoms with Crippen LogP contribution in [0.25, 0.3) is 56.8 Å². The number of nitrogens with zero attached hydrogens (tertiary/aromatic N) is 8. The molecule has 0 fully saturated rings. The molecule has 8 nitrogen and oxygen atoms in total. The van der Waals surface area contributed by atoms with Gasteiger partial charge < -0.3 is 9.80 Å². The highest BCUT2D eigenvalue weighted by molar-refractivity contribution is 5.85. The van der Waals surface area contributed by atoms with Crippen LogP contribution in [0.1, 0.15) is 63.1 Å². The minimum absolute atomic E-state index is 0.816. The molecule has 0 N–H and O–H groups in total. The second-order valence-corrected chi connectivity index (χ2v) is 17.7. The Morgan fingerprint density at radius 2 is 1.07 bits per heavy atom. The average Bonchev–Trinajstić information content (AvgIpc) is 4.05. The van der Waals surface area contributed by atoms with Gasteiger partial charge in [0.1, 0.15) is 16.7 Å². The standard InChI is InChI=1S/C64H58N8/c1-6-10-21-58-46(5)19-17-25-64(58)70(55-40-44-56(45-41-55)71-65-59(9-4)60(66-71)18-7-2)53-36-32-51(33-37-53)49-28-26-48(27-29-49)50-30-34-52(35-31-50)69(63-24-14-12-11-13-20-47(63)8-3)54-38-42-57(43-39-54)72-67-61-22-15-16-23-62(61)68-72/h7-8,10,12-45H,6,9,11H2,1-5H3/b14-12-,18-7-,20-13-,21-10-,47-8+,63-24+. The van der Waals surface area contributed by atoms with Crippen molar-refractivity contribution in [1.82, 2.24) is 30.0 Å². The van der Waals surface area contributed by atoms with Crippen molar-refractivity contribution in [3.8, 4) is 33.6 Å². The minimum Gasteiger partial charge on any atom is -0.310 e. The van der Waals surface area contributed by atoms with E-state index in [-0.39, 0.29) is 0 Å². The lowest BCUT2D eigenvalue weighted by atomic mass is 9.99. The van der Waals surface area contributed by atoms with Crippen molar-refractivity contribution in [1.29, 1.82) is 0 Å². The van der Waals surface area contributed by atoms with Gasteiger partial charge in [0.2, 0.25) is 0 Å². The molecule has 0 amide bonds. The summed E-state index contributed by atoms with van der Waals surface area (Å²) in [5, 5.41) is 19.0. The molecule has 1 aliphatic rings. The molecular formula is C64H58N8. The van der Waals surface area contributed by atoms with Crippen molar-refractivity contribution < 1.29 is 0 Å². The summed E-state index contributed by atoms with van der Waals surface area (Å²) in [6, 6.07) is 58.1. The zero-order valence-corrected chi connectivity index (χ0v) is 41.6. The Hall–Kier alpha value is -8.88. The summed E-state index contributed by atoms with van der Waals surface area (Å²) in [7, 11) is 0. The lowest BCUT2D eigenvalue weighted by Crippen LogP contribution is -2.18. The van der Waals surface area contributed by atoms with Gasteiger partial charge in [-0.15, -0.1) is 15.3 Å². The molecule has 7 aromatic carbocycles. The first-order valence-corrected chi connectivity index (χ1v) is 24.9. The van der Waals surface area contributed by atoms with E-state index in [0.717, 1.165) is 115 Å². The van der Waals surface area contributed by atoms with Crippen LogP contribution < -0.4 is 9.80 Å². The van der Waals surface area contributed by atoms with Gasteiger partial charge in [-0.25, -0.2) is 0 Å². The van der Waals surface area contributed by atoms with Crippen molar-refractivity contribution >= 4 is 51.6 Å². The molecule has 2 heterocycles. The molecule has 8 heteroatoms. The van der Waals surface area contributed by atoms with E-state index >= 15 is 0 Å². The van der Waals surface area contributed by atoms with Crippen molar-refractivity contribution in [2.24, 2.45) is 0 Å². The number of aromatic nitrogens is 6. The number of aryl methyl sites for hydroxylation is 2. The number of anilines is 5. The predicted octanol–water partition coefficient (Wildman–Crippen LogP) is 16.6. The van der Waals surface area contributed by atoms with E-state index in [2.05, 4.69) is 226 Å². The van der Waals surface area contributed by atoms with Gasteiger partial charge in [0.15, 0.2) is 0 Å². The molecule has 0 saturated heterocycles. The summed E-state index contributed by atoms with van der Waals surface area (Å²) >= 11 is 0. The van der Waals surface area contributed by atoms with Crippen molar-refractivity contribution in [2.45, 2.75) is 53.9 Å². The van der Waals surface area contributed by atoms with Crippen molar-refractivity contribution in [2.75, 3.05) is 9.80 Å². The topological polar surface area (TPSA) is 67.9 Å². The van der Waals surface area contributed by atoms with Gasteiger partial charge >= 0.3 is 0 Å². The molecule has 10 rings (SSSR count). The Morgan fingerprint density at radius 1 is 0.542 bits per heavy atom. The summed E-state index contributed by atoms with van der Waals surface area (Å²) in [5.74, 6) is 0. The number of allylic oxidation sites excluding steroid dienone is 8. The third kappa shape index (κ3) is 9.80. The van der Waals surface area contributed by atoms with Gasteiger partial charge in [-0.2, -0.15) is 14.7 Å². The van der Waals surface area contributed by atoms with Gasteiger partial charge in [0, 0.05) is 28.3 Å². The third-order valence-corrected chi connectivity index (χ3v) is 13.0. The zero-order valence-electron chi connectivity index (χ0n) is 41.6. The second kappa shape index (κ2) is 21.4. The molecule has 0 atom stereocenters. The van der Waals surface area contributed by atoms with Crippen molar-refractivity contribution in [3.63, 3.8) is 0 Å². The van der Waals surface area contributed by atoms with E-state index in [1.54, 1.807) is 9.59 Å². The van der Waals surface area contributed by atoms with Crippen LogP contribution in [0.4, 0.5) is 28.4 Å². The maximum absolute atomic E-state index is 4.81. The highest BCUT2D eigenvalue weighted by atomic mass is 15.5. The molecule has 354 valence electrons. The maximum atomic E-state index is 4.81. The lowest BCUT2D eigenvalue weighted by molar-refractivity contribution is 0.739. The molecule has 0 radical (unpaired) electrons. The summed E-state index contributed by atoms with van der Waals surface area (Å²) in [4.78, 5) is 8.12. The average molecular weight is 939 g/mol. The van der Waals surface area contributed by atoms with Gasteiger partial charge in [0.05, 0.1) is 28.5 Å². The number of hydrogen-bond acceptors (Lipinski definition) is 6. The number of benzene rings is 7. The van der Waals surface area contributed by atoms with Crippen LogP contribution in [0.3, 0.4) is 0 Å². The first-order chi connectivity index (χ1) is 35.4. The quantitative estimate of drug-likeness (QED) is 0.108. The van der Waals surface area contributed by atoms with E-state index in [4.69, 9.17) is 20.4 Å². The van der Waals surface area contributed by atoms with Gasteiger partial charge in [0.25, 0.3) is 0 Å². The number of hydrogen-bond donors (Lipinski definition) is 0. The second-order valence-electron chi connectivity index (χ2n) is 17.7. The van der Waals surface area contributed by atoms with Crippen LogP contribution in [0.5, 0.6) is 0 Å². The predicted molar refractivity (Wildman–Crippen MR) is 301 cm³/mol. The van der Waals surface area contributed by atoms with E-state index in [9.17, 15) is 0 Å². The molecule has 0 bridgehead atoms. The molecule has 0 saturated carbocycles. The Balaban J connectivity index is 0.927. The minimum atomic E-state index is 0.816. The molecule has 0 spiro atoms. The van der Waals surface area contributed by atoms with Crippen LogP contribution in [0, 0.1) is 6.92 Å². The SMILES string of the molecule is C/C=C\c1nn(-c2ccc(N(c3ccc(-c4ccc(-c5ccc(N(/C6=C/C=C\C/C=C\C6=C/C)c6ccc(-n7nc8ccccc8n7)cc6)cc5)cc4)cc3)c3cccc(C)c3/C=C\CC)cc2)nc1CC. The van der Waals surface area contributed by atoms with Crippen LogP contribution >= 0.6 is 0 Å². The van der Waals surface area contributed by atoms with Crippen molar-refractivity contribution in [3.05, 3.63) is 246 Å². The molecule has 9 aromatic rings. The Labute approximate surface area is 423 Å². The zero-order chi connectivity index (χ0) is 49.4. The van der Waals surface area contributed by atoms with E-state index < -0.39 is 0 Å². The number of fused-ring (bicyclic) bond motifs is 1. The molecular weight excluding hydrogens is 881 g/mol. The van der Waals surface area contributed by atoms with E-state index in [1.807, 2.05) is 43.3 Å². The van der Waals surface area contributed by atoms with Gasteiger partial charge in [-0.1, -0.05) is 135 Å². The van der Waals surface area contributed by atoms with Crippen LogP contribution in [-0.2, 0) is 6.42 Å². The smallest absolute Gasteiger partial charge is 0.113 e. The van der Waals surface area contributed by atoms with Crippen LogP contribution in [-0.4, -0.2) is 30.0 Å². The normalized spacial score (nSPS) is 14.9. The van der Waals surface area contributed by atoms with Gasteiger partial charge in [-0.3, -0.25) is 0 Å². The fraction of sp³-hybridized carbons (Fsp3) is 0.125. The first kappa shape index (κ1) is 46.8. The Morgan fingerprint density at radius 3 is 1.60 bits per heavy atom. The fourth-order valence-electron chi connectivity index (χ4n) is 9.22. The Bertz CT molecular complexity index is 3480. The van der Waals surface area contributed by atoms with E-state index in [0.29, 0.717) is 0 Å². The maximum Gasteiger partial charge on any atom is 0.113 e. The number of rotatable bonds is 14. The van der Waals surface area contributed by atoms with E-state index in [1.165, 1.54) is 11.1 Å². The summed E-state index contributed by atoms with van der Waals surface area (Å²) in [5.41, 5.74) is 20.0. The third-order valence-electron chi connectivity index (χ3n) is 13.0. The summed E-state index contributed by atoms with van der Waals surface area (Å²) in [6.45, 7) is 10.6. The molecule has 0 unspecified atom stereocenters. The summed E-state index contributed by atoms with van der Waals surface area (Å²) < 4.78 is 0. The van der Waals surface area contributed by atoms with Crippen LogP contribution in [0.2, 0.25) is 0 Å². The molecule has 1 aliphatic carbocycles. The fourth-order valence-corrected chi connectivity index (χ4v) is 9.22. The molecule has 0 aliphatic heterocycles. The summed E-state index contributed by atoms with van der Waals surface area (Å²) in [6.07, 6.45) is 24.3. The lowest BCUT2D eigenvalue weighted by Gasteiger charge is -2.29. The molecule has 72 heavy (non-hydrogen) atoms. The largest absolute Gasteiger partial charge is 0.310 e. The first-order valence-electron chi connectivity index (χ1n) is 24.9. The highest BCUT2D eigenvalue weighted by Crippen LogP contribution is 2.40. The van der Waals surface area contributed by atoms with Crippen LogP contribution in [0.15, 0.2) is 224 Å². The molecule has 2 aromatic heterocycles. The Kier molecular flexibility index (Phi) is 13.9. The highest BCUT2D eigenvalue weighted by Gasteiger charge is 2.20. The monoisotopic (exact) mass is 938 g/mol.